The third-order valence-corrected chi connectivity index (χ3v) is 7.15. The lowest BCUT2D eigenvalue weighted by atomic mass is 10.0. The minimum atomic E-state index is -0.0474. The molecule has 0 bridgehead atoms. The van der Waals surface area contributed by atoms with Gasteiger partial charge >= 0.3 is 6.03 Å². The molecule has 1 saturated heterocycles. The molecule has 1 aromatic rings. The van der Waals surface area contributed by atoms with Gasteiger partial charge < -0.3 is 15.1 Å². The first-order valence-corrected chi connectivity index (χ1v) is 11.6. The monoisotopic (exact) mass is 403 g/mol. The summed E-state index contributed by atoms with van der Waals surface area (Å²) in [5.74, 6) is 1.06. The van der Waals surface area contributed by atoms with E-state index in [2.05, 4.69) is 36.1 Å². The largest absolute Gasteiger partial charge is 0.355 e. The average molecular weight is 404 g/mol. The fourth-order valence-electron chi connectivity index (χ4n) is 3.93. The molecule has 6 heteroatoms. The van der Waals surface area contributed by atoms with Crippen LogP contribution in [0.15, 0.2) is 24.3 Å². The molecule has 0 radical (unpaired) electrons. The number of urea groups is 1. The van der Waals surface area contributed by atoms with E-state index < -0.39 is 0 Å². The molecule has 1 saturated carbocycles. The summed E-state index contributed by atoms with van der Waals surface area (Å²) in [7, 11) is 0. The normalized spacial score (nSPS) is 18.0. The zero-order valence-electron chi connectivity index (χ0n) is 17.0. The van der Waals surface area contributed by atoms with Gasteiger partial charge in [-0.3, -0.25) is 4.79 Å². The lowest BCUT2D eigenvalue weighted by Crippen LogP contribution is -2.40. The van der Waals surface area contributed by atoms with Crippen molar-refractivity contribution >= 4 is 23.7 Å². The van der Waals surface area contributed by atoms with Gasteiger partial charge in [0.1, 0.15) is 6.54 Å². The maximum atomic E-state index is 12.6. The Labute approximate surface area is 173 Å². The van der Waals surface area contributed by atoms with E-state index >= 15 is 0 Å². The number of carbonyl (C=O) groups is 2. The molecule has 3 amide bonds. The molecule has 1 aromatic carbocycles. The SMILES string of the molecule is Cc1ccccc1CN1CCN(CC(=O)NCCCSC2CCCCC2)C1=O. The molecule has 1 aliphatic heterocycles. The predicted octanol–water partition coefficient (Wildman–Crippen LogP) is 3.80. The first-order chi connectivity index (χ1) is 13.6. The molecule has 1 heterocycles. The van der Waals surface area contributed by atoms with E-state index in [4.69, 9.17) is 0 Å². The number of carbonyl (C=O) groups excluding carboxylic acids is 2. The van der Waals surface area contributed by atoms with E-state index in [0.717, 1.165) is 23.0 Å². The van der Waals surface area contributed by atoms with Crippen molar-refractivity contribution in [2.75, 3.05) is 31.9 Å². The molecule has 0 aromatic heterocycles. The quantitative estimate of drug-likeness (QED) is 0.638. The number of nitrogens with zero attached hydrogens (tertiary/aromatic N) is 2. The van der Waals surface area contributed by atoms with Crippen LogP contribution in [0.1, 0.15) is 49.7 Å². The molecule has 5 nitrogen and oxygen atoms in total. The van der Waals surface area contributed by atoms with Crippen LogP contribution in [-0.4, -0.2) is 58.9 Å². The minimum Gasteiger partial charge on any atom is -0.355 e. The van der Waals surface area contributed by atoms with E-state index in [-0.39, 0.29) is 18.5 Å². The highest BCUT2D eigenvalue weighted by atomic mass is 32.2. The summed E-state index contributed by atoms with van der Waals surface area (Å²) in [6, 6.07) is 8.10. The van der Waals surface area contributed by atoms with Gasteiger partial charge in [0.15, 0.2) is 0 Å². The minimum absolute atomic E-state index is 0.0359. The van der Waals surface area contributed by atoms with Crippen LogP contribution < -0.4 is 5.32 Å². The van der Waals surface area contributed by atoms with Gasteiger partial charge in [0.25, 0.3) is 0 Å². The van der Waals surface area contributed by atoms with E-state index in [1.165, 1.54) is 37.7 Å². The van der Waals surface area contributed by atoms with Crippen molar-refractivity contribution in [1.29, 1.82) is 0 Å². The number of hydrogen-bond acceptors (Lipinski definition) is 3. The maximum absolute atomic E-state index is 12.6. The van der Waals surface area contributed by atoms with Crippen molar-refractivity contribution in [2.45, 2.75) is 57.2 Å². The summed E-state index contributed by atoms with van der Waals surface area (Å²) in [5, 5.41) is 3.80. The molecule has 0 spiro atoms. The van der Waals surface area contributed by atoms with E-state index in [9.17, 15) is 9.59 Å². The predicted molar refractivity (Wildman–Crippen MR) is 116 cm³/mol. The second-order valence-electron chi connectivity index (χ2n) is 7.89. The van der Waals surface area contributed by atoms with E-state index in [1.54, 1.807) is 4.90 Å². The summed E-state index contributed by atoms with van der Waals surface area (Å²) in [6.45, 7) is 4.84. The molecule has 2 fully saturated rings. The van der Waals surface area contributed by atoms with Gasteiger partial charge in [0.05, 0.1) is 0 Å². The lowest BCUT2D eigenvalue weighted by molar-refractivity contribution is -0.121. The third kappa shape index (κ3) is 6.16. The molecule has 0 unspecified atom stereocenters. The summed E-state index contributed by atoms with van der Waals surface area (Å²) >= 11 is 2.06. The number of thioether (sulfide) groups is 1. The fraction of sp³-hybridized carbons (Fsp3) is 0.636. The Hall–Kier alpha value is -1.69. The first-order valence-electron chi connectivity index (χ1n) is 10.6. The van der Waals surface area contributed by atoms with Gasteiger partial charge in [-0.15, -0.1) is 0 Å². The molecule has 3 rings (SSSR count). The highest BCUT2D eigenvalue weighted by Gasteiger charge is 2.29. The molecular formula is C22H33N3O2S. The van der Waals surface area contributed by atoms with Crippen LogP contribution in [0.4, 0.5) is 4.79 Å². The second kappa shape index (κ2) is 10.7. The van der Waals surface area contributed by atoms with Gasteiger partial charge in [0.2, 0.25) is 5.91 Å². The number of nitrogens with one attached hydrogen (secondary N) is 1. The van der Waals surface area contributed by atoms with Gasteiger partial charge in [-0.2, -0.15) is 11.8 Å². The molecule has 2 aliphatic rings. The Morgan fingerprint density at radius 2 is 1.89 bits per heavy atom. The zero-order valence-corrected chi connectivity index (χ0v) is 17.8. The van der Waals surface area contributed by atoms with Crippen LogP contribution in [0.25, 0.3) is 0 Å². The summed E-state index contributed by atoms with van der Waals surface area (Å²) in [6.07, 6.45) is 7.85. The highest BCUT2D eigenvalue weighted by Crippen LogP contribution is 2.28. The van der Waals surface area contributed by atoms with E-state index in [1.807, 2.05) is 17.0 Å². The highest BCUT2D eigenvalue weighted by molar-refractivity contribution is 7.99. The second-order valence-corrected chi connectivity index (χ2v) is 9.29. The van der Waals surface area contributed by atoms with E-state index in [0.29, 0.717) is 26.2 Å². The lowest BCUT2D eigenvalue weighted by Gasteiger charge is -2.21. The number of benzene rings is 1. The van der Waals surface area contributed by atoms with Crippen molar-refractivity contribution in [3.05, 3.63) is 35.4 Å². The molecular weight excluding hydrogens is 370 g/mol. The summed E-state index contributed by atoms with van der Waals surface area (Å²) < 4.78 is 0. The van der Waals surface area contributed by atoms with Crippen LogP contribution in [0.5, 0.6) is 0 Å². The number of hydrogen-bond donors (Lipinski definition) is 1. The summed E-state index contributed by atoms with van der Waals surface area (Å²) in [5.41, 5.74) is 2.36. The number of aryl methyl sites for hydroxylation is 1. The van der Waals surface area contributed by atoms with Crippen molar-refractivity contribution in [1.82, 2.24) is 15.1 Å². The van der Waals surface area contributed by atoms with Gasteiger partial charge in [-0.05, 0) is 43.1 Å². The van der Waals surface area contributed by atoms with Crippen molar-refractivity contribution in [3.8, 4) is 0 Å². The van der Waals surface area contributed by atoms with Crippen LogP contribution >= 0.6 is 11.8 Å². The molecule has 1 N–H and O–H groups in total. The molecule has 0 atom stereocenters. The van der Waals surface area contributed by atoms with Crippen LogP contribution in [0.3, 0.4) is 0 Å². The first kappa shape index (κ1) is 21.0. The smallest absolute Gasteiger partial charge is 0.320 e. The zero-order chi connectivity index (χ0) is 19.8. The Morgan fingerprint density at radius 1 is 1.14 bits per heavy atom. The van der Waals surface area contributed by atoms with Crippen LogP contribution in [0.2, 0.25) is 0 Å². The van der Waals surface area contributed by atoms with Crippen LogP contribution in [-0.2, 0) is 11.3 Å². The summed E-state index contributed by atoms with van der Waals surface area (Å²) in [4.78, 5) is 28.3. The van der Waals surface area contributed by atoms with Gasteiger partial charge in [-0.1, -0.05) is 43.5 Å². The van der Waals surface area contributed by atoms with Crippen molar-refractivity contribution in [3.63, 3.8) is 0 Å². The van der Waals surface area contributed by atoms with Crippen molar-refractivity contribution < 1.29 is 9.59 Å². The topological polar surface area (TPSA) is 52.6 Å². The number of amides is 3. The van der Waals surface area contributed by atoms with Crippen molar-refractivity contribution in [2.24, 2.45) is 0 Å². The molecule has 28 heavy (non-hydrogen) atoms. The Kier molecular flexibility index (Phi) is 8.07. The van der Waals surface area contributed by atoms with Gasteiger partial charge in [0, 0.05) is 31.4 Å². The number of rotatable bonds is 9. The third-order valence-electron chi connectivity index (χ3n) is 5.69. The Morgan fingerprint density at radius 3 is 2.68 bits per heavy atom. The maximum Gasteiger partial charge on any atom is 0.320 e. The Balaban J connectivity index is 1.32. The molecule has 154 valence electrons. The van der Waals surface area contributed by atoms with Crippen LogP contribution in [0, 0.1) is 6.92 Å². The standard InChI is InChI=1S/C22H33N3O2S/c1-18-8-5-6-9-19(18)16-24-13-14-25(22(24)27)17-21(26)23-12-7-15-28-20-10-3-2-4-11-20/h5-6,8-9,20H,2-4,7,10-17H2,1H3,(H,23,26). The average Bonchev–Trinajstić information content (AvgIpc) is 3.04. The fourth-order valence-corrected chi connectivity index (χ4v) is 5.24. The Bertz CT molecular complexity index is 661. The van der Waals surface area contributed by atoms with Gasteiger partial charge in [-0.25, -0.2) is 4.79 Å². The molecule has 1 aliphatic carbocycles.